The molecule has 1 saturated carbocycles. The fourth-order valence-electron chi connectivity index (χ4n) is 2.09. The van der Waals surface area contributed by atoms with Crippen LogP contribution in [-0.2, 0) is 9.53 Å². The molecule has 1 aliphatic heterocycles. The Balaban J connectivity index is 1.82. The maximum Gasteiger partial charge on any atom is 0.377 e. The molecule has 0 spiro atoms. The van der Waals surface area contributed by atoms with Gasteiger partial charge in [0, 0.05) is 12.1 Å². The molecule has 1 heterocycles. The number of hydrogen-bond acceptors (Lipinski definition) is 4. The van der Waals surface area contributed by atoms with Crippen LogP contribution in [0, 0.1) is 0 Å². The van der Waals surface area contributed by atoms with E-state index >= 15 is 0 Å². The van der Waals surface area contributed by atoms with Gasteiger partial charge in [-0.1, -0.05) is 0 Å². The number of aliphatic hydroxyl groups is 1. The van der Waals surface area contributed by atoms with Crippen LogP contribution in [0.15, 0.2) is 0 Å². The molecule has 0 radical (unpaired) electrons. The molecule has 2 fully saturated rings. The number of rotatable bonds is 4. The second kappa shape index (κ2) is 3.92. The van der Waals surface area contributed by atoms with Crippen molar-refractivity contribution < 1.29 is 23.4 Å². The summed E-state index contributed by atoms with van der Waals surface area (Å²) in [7, 11) is 0. The summed E-state index contributed by atoms with van der Waals surface area (Å²) >= 11 is 0. The molecule has 2 aliphatic rings. The highest BCUT2D eigenvalue weighted by atomic mass is 19.3. The van der Waals surface area contributed by atoms with Crippen LogP contribution in [0.25, 0.3) is 0 Å². The summed E-state index contributed by atoms with van der Waals surface area (Å²) in [4.78, 5) is 10.7. The Bertz CT molecular complexity index is 286. The Morgan fingerprint density at radius 3 is 2.56 bits per heavy atom. The number of ether oxygens (including phenoxy) is 1. The summed E-state index contributed by atoms with van der Waals surface area (Å²) < 4.78 is 30.2. The van der Waals surface area contributed by atoms with E-state index in [1.165, 1.54) is 0 Å². The van der Waals surface area contributed by atoms with Crippen LogP contribution in [-0.4, -0.2) is 41.8 Å². The third-order valence-corrected chi connectivity index (χ3v) is 3.37. The van der Waals surface area contributed by atoms with Gasteiger partial charge in [0.05, 0.1) is 13.0 Å². The molecule has 1 saturated heterocycles. The maximum atomic E-state index is 12.8. The third-order valence-electron chi connectivity index (χ3n) is 3.37. The Morgan fingerprint density at radius 2 is 2.19 bits per heavy atom. The second-order valence-corrected chi connectivity index (χ2v) is 4.61. The van der Waals surface area contributed by atoms with E-state index in [1.54, 1.807) is 0 Å². The van der Waals surface area contributed by atoms with E-state index in [4.69, 9.17) is 5.11 Å². The number of hydrogen-bond donors (Lipinski definition) is 2. The van der Waals surface area contributed by atoms with Gasteiger partial charge in [-0.3, -0.25) is 0 Å². The Labute approximate surface area is 92.0 Å². The van der Waals surface area contributed by atoms with Crippen LogP contribution in [0.3, 0.4) is 0 Å². The molecule has 0 bridgehead atoms. The number of carbonyl (C=O) groups is 1. The van der Waals surface area contributed by atoms with Gasteiger partial charge < -0.3 is 15.2 Å². The number of aliphatic hydroxyl groups excluding tert-OH is 1. The predicted molar refractivity (Wildman–Crippen MR) is 51.1 cm³/mol. The highest BCUT2D eigenvalue weighted by Gasteiger charge is 2.51. The largest absolute Gasteiger partial charge is 0.456 e. The molecule has 0 aromatic heterocycles. The molecule has 0 amide bonds. The molecular weight excluding hydrogens is 220 g/mol. The van der Waals surface area contributed by atoms with Crippen molar-refractivity contribution >= 4 is 5.97 Å². The van der Waals surface area contributed by atoms with Crippen LogP contribution in [0.1, 0.15) is 25.7 Å². The first-order valence-electron chi connectivity index (χ1n) is 5.42. The molecule has 2 N–H and O–H groups in total. The van der Waals surface area contributed by atoms with Crippen molar-refractivity contribution in [2.45, 2.75) is 43.2 Å². The molecule has 4 nitrogen and oxygen atoms in total. The molecule has 1 aliphatic carbocycles. The maximum absolute atomic E-state index is 12.8. The average Bonchev–Trinajstić information content (AvgIpc) is 2.40. The Kier molecular flexibility index (Phi) is 2.88. The third kappa shape index (κ3) is 2.04. The van der Waals surface area contributed by atoms with Crippen LogP contribution < -0.4 is 5.32 Å². The van der Waals surface area contributed by atoms with E-state index in [9.17, 15) is 13.6 Å². The number of halogens is 2. The highest BCUT2D eigenvalue weighted by molar-refractivity contribution is 5.79. The van der Waals surface area contributed by atoms with Gasteiger partial charge in [0.2, 0.25) is 0 Å². The van der Waals surface area contributed by atoms with E-state index in [1.807, 2.05) is 0 Å². The van der Waals surface area contributed by atoms with Crippen molar-refractivity contribution in [1.82, 2.24) is 5.32 Å². The molecule has 2 rings (SSSR count). The zero-order chi connectivity index (χ0) is 11.8. The van der Waals surface area contributed by atoms with Crippen molar-refractivity contribution in [3.05, 3.63) is 0 Å². The summed E-state index contributed by atoms with van der Waals surface area (Å²) in [5.41, 5.74) is -0.343. The van der Waals surface area contributed by atoms with E-state index in [-0.39, 0.29) is 18.7 Å². The van der Waals surface area contributed by atoms with Crippen LogP contribution in [0.5, 0.6) is 0 Å². The minimum absolute atomic E-state index is 0.00986. The van der Waals surface area contributed by atoms with Gasteiger partial charge in [-0.15, -0.1) is 0 Å². The van der Waals surface area contributed by atoms with Gasteiger partial charge in [-0.2, -0.15) is 8.78 Å². The highest BCUT2D eigenvalue weighted by Crippen LogP contribution is 2.33. The average molecular weight is 235 g/mol. The lowest BCUT2D eigenvalue weighted by molar-refractivity contribution is -0.159. The number of esters is 1. The van der Waals surface area contributed by atoms with Crippen LogP contribution >= 0.6 is 0 Å². The number of nitrogens with one attached hydrogen (secondary N) is 1. The molecule has 1 atom stereocenters. The predicted octanol–water partition coefficient (Wildman–Crippen LogP) is 0.442. The first-order valence-corrected chi connectivity index (χ1v) is 5.42. The summed E-state index contributed by atoms with van der Waals surface area (Å²) in [5.74, 6) is -4.79. The van der Waals surface area contributed by atoms with Crippen molar-refractivity contribution in [3.63, 3.8) is 0 Å². The summed E-state index contributed by atoms with van der Waals surface area (Å²) in [5, 5.41) is 12.2. The smallest absolute Gasteiger partial charge is 0.377 e. The Morgan fingerprint density at radius 1 is 1.50 bits per heavy atom. The quantitative estimate of drug-likeness (QED) is 0.694. The fraction of sp³-hybridized carbons (Fsp3) is 0.900. The summed E-state index contributed by atoms with van der Waals surface area (Å²) in [6, 6.07) is 0. The van der Waals surface area contributed by atoms with Crippen LogP contribution in [0.4, 0.5) is 8.78 Å². The lowest BCUT2D eigenvalue weighted by atomic mass is 9.77. The first kappa shape index (κ1) is 11.7. The normalized spacial score (nSPS) is 30.9. The zero-order valence-electron chi connectivity index (χ0n) is 8.84. The minimum atomic E-state index is -3.35. The van der Waals surface area contributed by atoms with Gasteiger partial charge >= 0.3 is 11.9 Å². The zero-order valence-corrected chi connectivity index (χ0v) is 8.84. The molecule has 16 heavy (non-hydrogen) atoms. The van der Waals surface area contributed by atoms with Crippen molar-refractivity contribution in [2.75, 3.05) is 13.2 Å². The molecule has 92 valence electrons. The molecule has 1 unspecified atom stereocenters. The van der Waals surface area contributed by atoms with E-state index in [0.29, 0.717) is 0 Å². The molecular formula is C10H15F2NO3. The monoisotopic (exact) mass is 235 g/mol. The number of carbonyl (C=O) groups excluding carboxylic acids is 1. The number of alkyl halides is 2. The SMILES string of the molecule is O=C1OC(CNC2(CO)CCC2)CC1(F)F. The minimum Gasteiger partial charge on any atom is -0.456 e. The van der Waals surface area contributed by atoms with Gasteiger partial charge in [0.1, 0.15) is 6.10 Å². The summed E-state index contributed by atoms with van der Waals surface area (Å²) in [6.07, 6.45) is 1.34. The standard InChI is InChI=1S/C10H15F2NO3/c11-10(12)4-7(16-8(10)15)5-13-9(6-14)2-1-3-9/h7,13-14H,1-6H2. The second-order valence-electron chi connectivity index (χ2n) is 4.61. The van der Waals surface area contributed by atoms with Crippen molar-refractivity contribution in [2.24, 2.45) is 0 Å². The van der Waals surface area contributed by atoms with Crippen molar-refractivity contribution in [3.8, 4) is 0 Å². The van der Waals surface area contributed by atoms with Gasteiger partial charge in [-0.25, -0.2) is 4.79 Å². The van der Waals surface area contributed by atoms with E-state index in [2.05, 4.69) is 10.1 Å². The fourth-order valence-corrected chi connectivity index (χ4v) is 2.09. The van der Waals surface area contributed by atoms with Crippen LogP contribution in [0.2, 0.25) is 0 Å². The van der Waals surface area contributed by atoms with Crippen molar-refractivity contribution in [1.29, 1.82) is 0 Å². The summed E-state index contributed by atoms with van der Waals surface area (Å²) in [6.45, 7) is 0.173. The van der Waals surface area contributed by atoms with E-state index in [0.717, 1.165) is 19.3 Å². The lowest BCUT2D eigenvalue weighted by Gasteiger charge is -2.41. The molecule has 6 heteroatoms. The first-order chi connectivity index (χ1) is 7.47. The lowest BCUT2D eigenvalue weighted by Crippen LogP contribution is -2.55. The van der Waals surface area contributed by atoms with Gasteiger partial charge in [0.25, 0.3) is 0 Å². The van der Waals surface area contributed by atoms with Gasteiger partial charge in [0.15, 0.2) is 0 Å². The Hall–Kier alpha value is -0.750. The van der Waals surface area contributed by atoms with E-state index < -0.39 is 24.4 Å². The molecule has 0 aromatic rings. The number of cyclic esters (lactones) is 1. The molecule has 0 aromatic carbocycles. The van der Waals surface area contributed by atoms with Gasteiger partial charge in [-0.05, 0) is 19.3 Å². The topological polar surface area (TPSA) is 58.6 Å².